The number of hydrogen-bond donors (Lipinski definition) is 1. The Morgan fingerprint density at radius 3 is 2.24 bits per heavy atom. The maximum atomic E-state index is 11.3. The van der Waals surface area contributed by atoms with Crippen LogP contribution in [-0.4, -0.2) is 30.4 Å². The second-order valence-electron chi connectivity index (χ2n) is 6.58. The van der Waals surface area contributed by atoms with Crippen molar-refractivity contribution in [3.63, 3.8) is 0 Å². The highest BCUT2D eigenvalue weighted by Gasteiger charge is 2.14. The second-order valence-corrected chi connectivity index (χ2v) is 6.58. The number of rotatable bonds is 9. The summed E-state index contributed by atoms with van der Waals surface area (Å²) in [7, 11) is 0. The van der Waals surface area contributed by atoms with Gasteiger partial charge in [-0.1, -0.05) is 55.1 Å². The first-order valence-electron chi connectivity index (χ1n) is 9.38. The molecule has 29 heavy (non-hydrogen) atoms. The molecule has 0 heterocycles. The average Bonchev–Trinajstić information content (AvgIpc) is 2.76. The lowest BCUT2D eigenvalue weighted by atomic mass is 10.1. The van der Waals surface area contributed by atoms with E-state index < -0.39 is 12.1 Å². The van der Waals surface area contributed by atoms with E-state index >= 15 is 0 Å². The minimum Gasteiger partial charge on any atom is -0.489 e. The number of aliphatic hydroxyl groups is 1. The lowest BCUT2D eigenvalue weighted by molar-refractivity contribution is -0.146. The van der Waals surface area contributed by atoms with Gasteiger partial charge in [0, 0.05) is 16.8 Å². The predicted octanol–water partition coefficient (Wildman–Crippen LogP) is 4.20. The van der Waals surface area contributed by atoms with E-state index in [1.54, 1.807) is 0 Å². The fourth-order valence-electron chi connectivity index (χ4n) is 2.94. The number of carbonyl (C=O) groups is 1. The van der Waals surface area contributed by atoms with Gasteiger partial charge in [-0.2, -0.15) is 0 Å². The molecule has 0 fully saturated rings. The van der Waals surface area contributed by atoms with Crippen molar-refractivity contribution < 1.29 is 24.1 Å². The van der Waals surface area contributed by atoms with Crippen LogP contribution < -0.4 is 9.47 Å². The van der Waals surface area contributed by atoms with Gasteiger partial charge in [0.05, 0.1) is 6.61 Å². The molecule has 0 radical (unpaired) electrons. The zero-order chi connectivity index (χ0) is 20.6. The van der Waals surface area contributed by atoms with Gasteiger partial charge in [-0.15, -0.1) is 0 Å². The topological polar surface area (TPSA) is 65.0 Å². The summed E-state index contributed by atoms with van der Waals surface area (Å²) in [5, 5.41) is 11.2. The van der Waals surface area contributed by atoms with Crippen molar-refractivity contribution in [1.29, 1.82) is 0 Å². The van der Waals surface area contributed by atoms with Crippen molar-refractivity contribution in [2.75, 3.05) is 13.2 Å². The quantitative estimate of drug-likeness (QED) is 0.437. The molecule has 0 saturated heterocycles. The van der Waals surface area contributed by atoms with Gasteiger partial charge in [0.25, 0.3) is 0 Å². The van der Waals surface area contributed by atoms with Crippen molar-refractivity contribution in [1.82, 2.24) is 0 Å². The molecule has 150 valence electrons. The molecule has 1 atom stereocenters. The Labute approximate surface area is 170 Å². The standard InChI is InChI=1S/C24H24O5/c1-3-24(26)29-19(14-25)16-28-23-13-12-22(20-10-6-7-11-21(20)23)27-15-18-9-5-4-8-17(18)2/h3-13,19,25H,1,14-16H2,2H3. The van der Waals surface area contributed by atoms with Gasteiger partial charge in [-0.25, -0.2) is 4.79 Å². The molecule has 0 aliphatic rings. The van der Waals surface area contributed by atoms with E-state index in [1.807, 2.05) is 48.5 Å². The van der Waals surface area contributed by atoms with E-state index in [4.69, 9.17) is 14.2 Å². The third-order valence-electron chi connectivity index (χ3n) is 4.57. The van der Waals surface area contributed by atoms with Crippen LogP contribution in [0.1, 0.15) is 11.1 Å². The third-order valence-corrected chi connectivity index (χ3v) is 4.57. The van der Waals surface area contributed by atoms with Crippen LogP contribution in [0.4, 0.5) is 0 Å². The summed E-state index contributed by atoms with van der Waals surface area (Å²) in [5.41, 5.74) is 2.31. The van der Waals surface area contributed by atoms with E-state index in [1.165, 1.54) is 5.56 Å². The van der Waals surface area contributed by atoms with Crippen molar-refractivity contribution in [2.24, 2.45) is 0 Å². The first kappa shape index (κ1) is 20.4. The number of esters is 1. The zero-order valence-electron chi connectivity index (χ0n) is 16.3. The van der Waals surface area contributed by atoms with Crippen LogP contribution in [0, 0.1) is 6.92 Å². The molecule has 0 bridgehead atoms. The second kappa shape index (κ2) is 9.75. The number of carbonyl (C=O) groups excluding carboxylic acids is 1. The summed E-state index contributed by atoms with van der Waals surface area (Å²) < 4.78 is 17.0. The highest BCUT2D eigenvalue weighted by Crippen LogP contribution is 2.33. The molecule has 0 aliphatic carbocycles. The van der Waals surface area contributed by atoms with Crippen LogP contribution >= 0.6 is 0 Å². The summed E-state index contributed by atoms with van der Waals surface area (Å²) in [4.78, 5) is 11.3. The van der Waals surface area contributed by atoms with E-state index in [0.717, 1.165) is 28.2 Å². The monoisotopic (exact) mass is 392 g/mol. The Morgan fingerprint density at radius 2 is 1.62 bits per heavy atom. The molecule has 0 aliphatic heterocycles. The fraction of sp³-hybridized carbons (Fsp3) is 0.208. The number of benzene rings is 3. The molecule has 1 N–H and O–H groups in total. The van der Waals surface area contributed by atoms with Crippen molar-refractivity contribution in [3.8, 4) is 11.5 Å². The first-order chi connectivity index (χ1) is 14.1. The average molecular weight is 392 g/mol. The number of aliphatic hydroxyl groups excluding tert-OH is 1. The number of ether oxygens (including phenoxy) is 3. The Bertz CT molecular complexity index is 995. The first-order valence-corrected chi connectivity index (χ1v) is 9.38. The van der Waals surface area contributed by atoms with Crippen LogP contribution in [-0.2, 0) is 16.1 Å². The van der Waals surface area contributed by atoms with Crippen LogP contribution in [0.2, 0.25) is 0 Å². The van der Waals surface area contributed by atoms with Gasteiger partial charge >= 0.3 is 5.97 Å². The maximum absolute atomic E-state index is 11.3. The summed E-state index contributed by atoms with van der Waals surface area (Å²) >= 11 is 0. The molecule has 5 heteroatoms. The maximum Gasteiger partial charge on any atom is 0.330 e. The number of fused-ring (bicyclic) bond motifs is 1. The van der Waals surface area contributed by atoms with Gasteiger partial charge in [-0.05, 0) is 30.2 Å². The smallest absolute Gasteiger partial charge is 0.330 e. The minimum absolute atomic E-state index is 0.0312. The van der Waals surface area contributed by atoms with Gasteiger partial charge in [0.1, 0.15) is 24.7 Å². The molecule has 5 nitrogen and oxygen atoms in total. The largest absolute Gasteiger partial charge is 0.489 e. The SMILES string of the molecule is C=CC(=O)OC(CO)COc1ccc(OCc2ccccc2C)c2ccccc12. The zero-order valence-corrected chi connectivity index (χ0v) is 16.3. The van der Waals surface area contributed by atoms with Crippen molar-refractivity contribution in [2.45, 2.75) is 19.6 Å². The molecule has 0 saturated carbocycles. The van der Waals surface area contributed by atoms with Crippen molar-refractivity contribution in [3.05, 3.63) is 84.4 Å². The van der Waals surface area contributed by atoms with Gasteiger partial charge < -0.3 is 19.3 Å². The van der Waals surface area contributed by atoms with Crippen LogP contribution in [0.3, 0.4) is 0 Å². The van der Waals surface area contributed by atoms with Crippen LogP contribution in [0.25, 0.3) is 10.8 Å². The summed E-state index contributed by atoms with van der Waals surface area (Å²) in [5.74, 6) is 0.780. The molecule has 0 amide bonds. The lowest BCUT2D eigenvalue weighted by Gasteiger charge is -2.17. The minimum atomic E-state index is -0.767. The molecule has 1 unspecified atom stereocenters. The highest BCUT2D eigenvalue weighted by atomic mass is 16.6. The van der Waals surface area contributed by atoms with E-state index in [-0.39, 0.29) is 13.2 Å². The molecule has 3 aromatic carbocycles. The van der Waals surface area contributed by atoms with Crippen molar-refractivity contribution >= 4 is 16.7 Å². The Morgan fingerprint density at radius 1 is 1.00 bits per heavy atom. The summed E-state index contributed by atoms with van der Waals surface area (Å²) in [6.45, 7) is 5.58. The lowest BCUT2D eigenvalue weighted by Crippen LogP contribution is -2.27. The molecule has 3 aromatic rings. The Kier molecular flexibility index (Phi) is 6.87. The summed E-state index contributed by atoms with van der Waals surface area (Å²) in [6, 6.07) is 19.6. The summed E-state index contributed by atoms with van der Waals surface area (Å²) in [6.07, 6.45) is 0.287. The van der Waals surface area contributed by atoms with Crippen LogP contribution in [0.15, 0.2) is 73.3 Å². The van der Waals surface area contributed by atoms with Gasteiger partial charge in [0.15, 0.2) is 6.10 Å². The van der Waals surface area contributed by atoms with E-state index in [9.17, 15) is 9.90 Å². The Hall–Kier alpha value is -3.31. The fourth-order valence-corrected chi connectivity index (χ4v) is 2.94. The number of hydrogen-bond acceptors (Lipinski definition) is 5. The Balaban J connectivity index is 1.77. The van der Waals surface area contributed by atoms with Gasteiger partial charge in [0.2, 0.25) is 0 Å². The third kappa shape index (κ3) is 5.15. The molecular formula is C24H24O5. The van der Waals surface area contributed by atoms with E-state index in [0.29, 0.717) is 12.4 Å². The van der Waals surface area contributed by atoms with Gasteiger partial charge in [-0.3, -0.25) is 0 Å². The van der Waals surface area contributed by atoms with Crippen LogP contribution in [0.5, 0.6) is 11.5 Å². The molecule has 0 aromatic heterocycles. The molecule has 3 rings (SSSR count). The molecule has 0 spiro atoms. The number of aryl methyl sites for hydroxylation is 1. The predicted molar refractivity (Wildman–Crippen MR) is 112 cm³/mol. The highest BCUT2D eigenvalue weighted by molar-refractivity contribution is 5.93. The normalized spacial score (nSPS) is 11.7. The van der Waals surface area contributed by atoms with E-state index in [2.05, 4.69) is 25.6 Å². The molecular weight excluding hydrogens is 368 g/mol.